The number of fused-ring (bicyclic) bond motifs is 1. The maximum Gasteiger partial charge on any atom is 0.0795 e. The van der Waals surface area contributed by atoms with E-state index in [9.17, 15) is 0 Å². The Labute approximate surface area is 97.3 Å². The molecule has 0 bridgehead atoms. The normalized spacial score (nSPS) is 11.1. The minimum absolute atomic E-state index is 0.924. The average molecular weight is 243 g/mol. The number of hydrogen-bond acceptors (Lipinski definition) is 2. The molecule has 0 saturated heterocycles. The Hall–Kier alpha value is -0.180. The zero-order valence-electron chi connectivity index (χ0n) is 8.13. The van der Waals surface area contributed by atoms with Crippen molar-refractivity contribution in [3.8, 4) is 0 Å². The largest absolute Gasteiger partial charge is 0.127 e. The van der Waals surface area contributed by atoms with E-state index in [1.54, 1.807) is 23.1 Å². The van der Waals surface area contributed by atoms with Crippen LogP contribution >= 0.6 is 34.7 Å². The molecule has 0 aliphatic rings. The zero-order chi connectivity index (χ0) is 10.1. The summed E-state index contributed by atoms with van der Waals surface area (Å²) in [5, 5.41) is 2.13. The van der Waals surface area contributed by atoms with E-state index in [1.807, 2.05) is 0 Å². The summed E-state index contributed by atoms with van der Waals surface area (Å²) in [5.74, 6) is 0. The van der Waals surface area contributed by atoms with E-state index in [1.165, 1.54) is 19.9 Å². The molecule has 14 heavy (non-hydrogen) atoms. The standard InChI is InChI=1S/C11H11ClS2/c1-3-7-4-5-9-8(6-7)10(12)11(13-2)14-9/h4-6H,3H2,1-2H3. The second kappa shape index (κ2) is 4.13. The first kappa shape index (κ1) is 10.3. The number of aryl methyl sites for hydroxylation is 1. The molecular weight excluding hydrogens is 232 g/mol. The van der Waals surface area contributed by atoms with E-state index in [4.69, 9.17) is 11.6 Å². The van der Waals surface area contributed by atoms with Gasteiger partial charge < -0.3 is 0 Å². The lowest BCUT2D eigenvalue weighted by molar-refractivity contribution is 1.15. The first-order chi connectivity index (χ1) is 6.76. The first-order valence-electron chi connectivity index (χ1n) is 4.51. The van der Waals surface area contributed by atoms with Crippen LogP contribution in [0.3, 0.4) is 0 Å². The van der Waals surface area contributed by atoms with Crippen molar-refractivity contribution in [3.05, 3.63) is 28.8 Å². The van der Waals surface area contributed by atoms with E-state index in [0.717, 1.165) is 11.4 Å². The van der Waals surface area contributed by atoms with Gasteiger partial charge in [-0.15, -0.1) is 23.1 Å². The lowest BCUT2D eigenvalue weighted by Crippen LogP contribution is -1.77. The zero-order valence-corrected chi connectivity index (χ0v) is 10.5. The fraction of sp³-hybridized carbons (Fsp3) is 0.273. The highest BCUT2D eigenvalue weighted by molar-refractivity contribution is 8.00. The molecule has 3 heteroatoms. The number of thioether (sulfide) groups is 1. The highest BCUT2D eigenvalue weighted by atomic mass is 35.5. The highest BCUT2D eigenvalue weighted by Gasteiger charge is 2.09. The fourth-order valence-corrected chi connectivity index (χ4v) is 3.70. The van der Waals surface area contributed by atoms with Gasteiger partial charge in [0.2, 0.25) is 0 Å². The molecule has 74 valence electrons. The van der Waals surface area contributed by atoms with E-state index in [-0.39, 0.29) is 0 Å². The van der Waals surface area contributed by atoms with Gasteiger partial charge in [-0.3, -0.25) is 0 Å². The Morgan fingerprint density at radius 1 is 1.43 bits per heavy atom. The van der Waals surface area contributed by atoms with Crippen LogP contribution in [0.15, 0.2) is 22.4 Å². The van der Waals surface area contributed by atoms with Crippen LogP contribution in [0.25, 0.3) is 10.1 Å². The van der Waals surface area contributed by atoms with Gasteiger partial charge >= 0.3 is 0 Å². The third-order valence-electron chi connectivity index (χ3n) is 2.26. The predicted octanol–water partition coefficient (Wildman–Crippen LogP) is 4.84. The smallest absolute Gasteiger partial charge is 0.0795 e. The Kier molecular flexibility index (Phi) is 3.05. The van der Waals surface area contributed by atoms with E-state index in [0.29, 0.717) is 0 Å². The lowest BCUT2D eigenvalue weighted by atomic mass is 10.1. The maximum absolute atomic E-state index is 6.28. The third-order valence-corrected chi connectivity index (χ3v) is 5.16. The van der Waals surface area contributed by atoms with Crippen molar-refractivity contribution in [1.29, 1.82) is 0 Å². The maximum atomic E-state index is 6.28. The molecule has 1 aromatic heterocycles. The van der Waals surface area contributed by atoms with Crippen molar-refractivity contribution in [3.63, 3.8) is 0 Å². The quantitative estimate of drug-likeness (QED) is 0.679. The fourth-order valence-electron chi connectivity index (χ4n) is 1.44. The van der Waals surface area contributed by atoms with Gasteiger partial charge in [-0.2, -0.15) is 0 Å². The molecular formula is C11H11ClS2. The molecule has 0 N–H and O–H groups in total. The van der Waals surface area contributed by atoms with Gasteiger partial charge in [0.15, 0.2) is 0 Å². The average Bonchev–Trinajstić information content (AvgIpc) is 2.55. The van der Waals surface area contributed by atoms with Crippen molar-refractivity contribution < 1.29 is 0 Å². The summed E-state index contributed by atoms with van der Waals surface area (Å²) < 4.78 is 2.51. The van der Waals surface area contributed by atoms with Crippen LogP contribution in [0.4, 0.5) is 0 Å². The summed E-state index contributed by atoms with van der Waals surface area (Å²) in [6.45, 7) is 2.16. The van der Waals surface area contributed by atoms with Crippen molar-refractivity contribution in [2.45, 2.75) is 17.6 Å². The second-order valence-electron chi connectivity index (χ2n) is 3.09. The van der Waals surface area contributed by atoms with Crippen LogP contribution in [0.1, 0.15) is 12.5 Å². The molecule has 2 aromatic rings. The van der Waals surface area contributed by atoms with Crippen molar-refractivity contribution >= 4 is 44.8 Å². The molecule has 0 radical (unpaired) electrons. The van der Waals surface area contributed by atoms with Gasteiger partial charge in [-0.25, -0.2) is 0 Å². The molecule has 1 heterocycles. The predicted molar refractivity (Wildman–Crippen MR) is 68.0 cm³/mol. The molecule has 0 nitrogen and oxygen atoms in total. The highest BCUT2D eigenvalue weighted by Crippen LogP contribution is 2.40. The van der Waals surface area contributed by atoms with Crippen LogP contribution in [0.5, 0.6) is 0 Å². The first-order valence-corrected chi connectivity index (χ1v) is 6.93. The Bertz CT molecular complexity index is 460. The summed E-state index contributed by atoms with van der Waals surface area (Å²) in [6, 6.07) is 6.55. The van der Waals surface area contributed by atoms with Gasteiger partial charge in [-0.05, 0) is 30.4 Å². The van der Waals surface area contributed by atoms with Gasteiger partial charge in [0.05, 0.1) is 9.23 Å². The van der Waals surface area contributed by atoms with Gasteiger partial charge in [0.25, 0.3) is 0 Å². The summed E-state index contributed by atoms with van der Waals surface area (Å²) >= 11 is 9.77. The molecule has 0 saturated carbocycles. The molecule has 0 aliphatic heterocycles. The Morgan fingerprint density at radius 3 is 2.86 bits per heavy atom. The van der Waals surface area contributed by atoms with Crippen molar-refractivity contribution in [1.82, 2.24) is 0 Å². The third kappa shape index (κ3) is 1.67. The number of rotatable bonds is 2. The molecule has 2 rings (SSSR count). The number of benzene rings is 1. The number of thiophene rings is 1. The molecule has 0 fully saturated rings. The Balaban J connectivity index is 2.68. The molecule has 0 spiro atoms. The summed E-state index contributed by atoms with van der Waals surface area (Å²) in [7, 11) is 0. The lowest BCUT2D eigenvalue weighted by Gasteiger charge is -1.96. The van der Waals surface area contributed by atoms with Crippen LogP contribution in [0, 0.1) is 0 Å². The molecule has 0 aliphatic carbocycles. The van der Waals surface area contributed by atoms with E-state index >= 15 is 0 Å². The molecule has 1 aromatic carbocycles. The van der Waals surface area contributed by atoms with E-state index < -0.39 is 0 Å². The van der Waals surface area contributed by atoms with Gasteiger partial charge in [-0.1, -0.05) is 24.6 Å². The summed E-state index contributed by atoms with van der Waals surface area (Å²) in [6.07, 6.45) is 3.13. The summed E-state index contributed by atoms with van der Waals surface area (Å²) in [5.41, 5.74) is 1.35. The minimum atomic E-state index is 0.924. The number of halogens is 1. The SMILES string of the molecule is CCc1ccc2sc(SC)c(Cl)c2c1. The molecule has 0 atom stereocenters. The monoisotopic (exact) mass is 242 g/mol. The van der Waals surface area contributed by atoms with Gasteiger partial charge in [0.1, 0.15) is 0 Å². The Morgan fingerprint density at radius 2 is 2.21 bits per heavy atom. The topological polar surface area (TPSA) is 0 Å². The van der Waals surface area contributed by atoms with Crippen molar-refractivity contribution in [2.24, 2.45) is 0 Å². The molecule has 0 amide bonds. The number of hydrogen-bond donors (Lipinski definition) is 0. The minimum Gasteiger partial charge on any atom is -0.127 e. The molecule has 0 unspecified atom stereocenters. The van der Waals surface area contributed by atoms with Crippen LogP contribution in [0.2, 0.25) is 5.02 Å². The van der Waals surface area contributed by atoms with Crippen LogP contribution in [-0.4, -0.2) is 6.26 Å². The van der Waals surface area contributed by atoms with Crippen LogP contribution < -0.4 is 0 Å². The van der Waals surface area contributed by atoms with E-state index in [2.05, 4.69) is 31.4 Å². The van der Waals surface area contributed by atoms with Crippen molar-refractivity contribution in [2.75, 3.05) is 6.26 Å². The van der Waals surface area contributed by atoms with Crippen LogP contribution in [-0.2, 0) is 6.42 Å². The summed E-state index contributed by atoms with van der Waals surface area (Å²) in [4.78, 5) is 0. The second-order valence-corrected chi connectivity index (χ2v) is 5.60. The van der Waals surface area contributed by atoms with Gasteiger partial charge in [0, 0.05) is 10.1 Å².